The van der Waals surface area contributed by atoms with E-state index in [1.54, 1.807) is 13.8 Å². The Morgan fingerprint density at radius 3 is 2.45 bits per heavy atom. The van der Waals surface area contributed by atoms with Crippen molar-refractivity contribution in [3.05, 3.63) is 17.7 Å². The second kappa shape index (κ2) is 6.06. The second-order valence-corrected chi connectivity index (χ2v) is 4.55. The molecule has 1 aromatic heterocycles. The van der Waals surface area contributed by atoms with E-state index in [1.807, 2.05) is 0 Å². The van der Waals surface area contributed by atoms with Crippen molar-refractivity contribution in [3.63, 3.8) is 0 Å². The zero-order chi connectivity index (χ0) is 15.5. The molecule has 0 amide bonds. The third kappa shape index (κ3) is 4.07. The quantitative estimate of drug-likeness (QED) is 0.903. The Hall–Kier alpha value is -1.86. The van der Waals surface area contributed by atoms with E-state index in [2.05, 4.69) is 9.97 Å². The lowest BCUT2D eigenvalue weighted by atomic mass is 10.2. The Kier molecular flexibility index (Phi) is 4.91. The highest BCUT2D eigenvalue weighted by Gasteiger charge is 2.32. The fraction of sp³-hybridized carbons (Fsp3) is 0.583. The number of rotatable bonds is 5. The molecule has 1 aromatic rings. The zero-order valence-electron chi connectivity index (χ0n) is 11.4. The first kappa shape index (κ1) is 16.2. The Bertz CT molecular complexity index is 489. The summed E-state index contributed by atoms with van der Waals surface area (Å²) in [6, 6.07) is 0. The Morgan fingerprint density at radius 1 is 1.45 bits per heavy atom. The molecule has 112 valence electrons. The van der Waals surface area contributed by atoms with E-state index in [-0.39, 0.29) is 24.0 Å². The molecule has 0 aromatic carbocycles. The van der Waals surface area contributed by atoms with E-state index in [0.29, 0.717) is 0 Å². The maximum absolute atomic E-state index is 12.5. The molecule has 0 bridgehead atoms. The summed E-state index contributed by atoms with van der Waals surface area (Å²) >= 11 is 0. The number of halogens is 3. The van der Waals surface area contributed by atoms with E-state index in [1.165, 1.54) is 6.92 Å². The van der Waals surface area contributed by atoms with Crippen LogP contribution in [0.15, 0.2) is 6.20 Å². The van der Waals surface area contributed by atoms with Crippen LogP contribution in [0.1, 0.15) is 43.0 Å². The first-order valence-corrected chi connectivity index (χ1v) is 6.07. The highest BCUT2D eigenvalue weighted by atomic mass is 19.4. The number of anilines is 1. The second-order valence-electron chi connectivity index (χ2n) is 4.55. The summed E-state index contributed by atoms with van der Waals surface area (Å²) in [5.41, 5.74) is -0.531. The maximum atomic E-state index is 12.5. The van der Waals surface area contributed by atoms with Crippen molar-refractivity contribution in [3.8, 4) is 0 Å². The maximum Gasteiger partial charge on any atom is 0.405 e. The van der Waals surface area contributed by atoms with Crippen LogP contribution in [0.3, 0.4) is 0 Å². The van der Waals surface area contributed by atoms with Crippen molar-refractivity contribution in [2.24, 2.45) is 0 Å². The summed E-state index contributed by atoms with van der Waals surface area (Å²) in [7, 11) is 0. The minimum absolute atomic E-state index is 0.00414. The van der Waals surface area contributed by atoms with Gasteiger partial charge in [-0.05, 0) is 6.92 Å². The lowest BCUT2D eigenvalue weighted by molar-refractivity contribution is -0.119. The topological polar surface area (TPSA) is 66.3 Å². The molecule has 0 aliphatic heterocycles. The molecule has 5 nitrogen and oxygen atoms in total. The molecule has 1 N–H and O–H groups in total. The number of aromatic carboxylic acids is 1. The van der Waals surface area contributed by atoms with Crippen LogP contribution in [0.25, 0.3) is 0 Å². The molecule has 1 heterocycles. The predicted octanol–water partition coefficient (Wildman–Crippen LogP) is 2.69. The molecule has 0 atom stereocenters. The standard InChI is InChI=1S/C12H16F3N3O2/c1-4-18(6-12(13,14)15)8-5-16-10(7(2)3)17-9(8)11(19)20/h5,7H,4,6H2,1-3H3,(H,19,20). The van der Waals surface area contributed by atoms with E-state index < -0.39 is 24.4 Å². The lowest BCUT2D eigenvalue weighted by Crippen LogP contribution is -2.35. The van der Waals surface area contributed by atoms with Crippen LogP contribution in [-0.4, -0.2) is 40.3 Å². The van der Waals surface area contributed by atoms with Gasteiger partial charge in [-0.25, -0.2) is 14.8 Å². The number of alkyl halides is 3. The minimum atomic E-state index is -4.43. The van der Waals surface area contributed by atoms with Crippen LogP contribution in [0.2, 0.25) is 0 Å². The molecule has 0 fully saturated rings. The minimum Gasteiger partial charge on any atom is -0.476 e. The Labute approximate surface area is 114 Å². The number of nitrogens with zero attached hydrogens (tertiary/aromatic N) is 3. The van der Waals surface area contributed by atoms with Gasteiger partial charge in [0.1, 0.15) is 12.4 Å². The average Bonchev–Trinajstić information content (AvgIpc) is 2.34. The van der Waals surface area contributed by atoms with Gasteiger partial charge in [-0.3, -0.25) is 0 Å². The Balaban J connectivity index is 3.24. The van der Waals surface area contributed by atoms with E-state index in [9.17, 15) is 18.0 Å². The molecule has 20 heavy (non-hydrogen) atoms. The van der Waals surface area contributed by atoms with Crippen molar-refractivity contribution in [1.82, 2.24) is 9.97 Å². The van der Waals surface area contributed by atoms with Crippen molar-refractivity contribution >= 4 is 11.7 Å². The summed E-state index contributed by atoms with van der Waals surface area (Å²) in [5, 5.41) is 9.12. The molecule has 1 rings (SSSR count). The van der Waals surface area contributed by atoms with Crippen molar-refractivity contribution in [2.45, 2.75) is 32.9 Å². The molecule has 0 unspecified atom stereocenters. The summed E-state index contributed by atoms with van der Waals surface area (Å²) in [6.45, 7) is 3.81. The van der Waals surface area contributed by atoms with E-state index in [4.69, 9.17) is 5.11 Å². The molecule has 0 saturated heterocycles. The summed E-state index contributed by atoms with van der Waals surface area (Å²) in [6.07, 6.45) is -3.29. The fourth-order valence-electron chi connectivity index (χ4n) is 1.64. The molecule has 0 radical (unpaired) electrons. The normalized spacial score (nSPS) is 11.8. The summed E-state index contributed by atoms with van der Waals surface area (Å²) in [5.74, 6) is -1.20. The number of hydrogen-bond acceptors (Lipinski definition) is 4. The van der Waals surface area contributed by atoms with Gasteiger partial charge in [-0.15, -0.1) is 0 Å². The highest BCUT2D eigenvalue weighted by molar-refractivity contribution is 5.92. The molecule has 8 heteroatoms. The smallest absolute Gasteiger partial charge is 0.405 e. The highest BCUT2D eigenvalue weighted by Crippen LogP contribution is 2.25. The van der Waals surface area contributed by atoms with Crippen LogP contribution in [0.4, 0.5) is 18.9 Å². The zero-order valence-corrected chi connectivity index (χ0v) is 11.4. The van der Waals surface area contributed by atoms with Crippen LogP contribution in [0.5, 0.6) is 0 Å². The third-order valence-electron chi connectivity index (χ3n) is 2.60. The largest absolute Gasteiger partial charge is 0.476 e. The van der Waals surface area contributed by atoms with Crippen LogP contribution in [-0.2, 0) is 0 Å². The Morgan fingerprint density at radius 2 is 2.05 bits per heavy atom. The van der Waals surface area contributed by atoms with Gasteiger partial charge < -0.3 is 10.0 Å². The van der Waals surface area contributed by atoms with Gasteiger partial charge in [-0.2, -0.15) is 13.2 Å². The fourth-order valence-corrected chi connectivity index (χ4v) is 1.64. The monoisotopic (exact) mass is 291 g/mol. The van der Waals surface area contributed by atoms with E-state index in [0.717, 1.165) is 11.1 Å². The van der Waals surface area contributed by atoms with E-state index >= 15 is 0 Å². The molecule has 0 saturated carbocycles. The molecule has 0 spiro atoms. The van der Waals surface area contributed by atoms with Gasteiger partial charge in [-0.1, -0.05) is 13.8 Å². The van der Waals surface area contributed by atoms with Gasteiger partial charge >= 0.3 is 12.1 Å². The SMILES string of the molecule is CCN(CC(F)(F)F)c1cnc(C(C)C)nc1C(=O)O. The number of hydrogen-bond donors (Lipinski definition) is 1. The first-order valence-electron chi connectivity index (χ1n) is 6.07. The first-order chi connectivity index (χ1) is 9.15. The number of carboxylic acids is 1. The van der Waals surface area contributed by atoms with Crippen molar-refractivity contribution in [1.29, 1.82) is 0 Å². The van der Waals surface area contributed by atoms with Crippen LogP contribution in [0, 0.1) is 0 Å². The van der Waals surface area contributed by atoms with Crippen molar-refractivity contribution in [2.75, 3.05) is 18.0 Å². The molecule has 0 aliphatic carbocycles. The summed E-state index contributed by atoms with van der Waals surface area (Å²) < 4.78 is 37.5. The average molecular weight is 291 g/mol. The van der Waals surface area contributed by atoms with Gasteiger partial charge in [0.2, 0.25) is 0 Å². The molecular weight excluding hydrogens is 275 g/mol. The molecule has 0 aliphatic rings. The number of aromatic nitrogens is 2. The van der Waals surface area contributed by atoms with Crippen LogP contribution < -0.4 is 4.90 Å². The van der Waals surface area contributed by atoms with Crippen molar-refractivity contribution < 1.29 is 23.1 Å². The predicted molar refractivity (Wildman–Crippen MR) is 67.0 cm³/mol. The number of carbonyl (C=O) groups is 1. The number of carboxylic acid groups (broad SMARTS) is 1. The lowest BCUT2D eigenvalue weighted by Gasteiger charge is -2.25. The third-order valence-corrected chi connectivity index (χ3v) is 2.60. The van der Waals surface area contributed by atoms with Gasteiger partial charge in [0.25, 0.3) is 0 Å². The van der Waals surface area contributed by atoms with Gasteiger partial charge in [0, 0.05) is 12.5 Å². The van der Waals surface area contributed by atoms with Gasteiger partial charge in [0.05, 0.1) is 11.9 Å². The van der Waals surface area contributed by atoms with Gasteiger partial charge in [0.15, 0.2) is 5.69 Å². The van der Waals surface area contributed by atoms with Crippen LogP contribution >= 0.6 is 0 Å². The molecular formula is C12H16F3N3O2. The summed E-state index contributed by atoms with van der Waals surface area (Å²) in [4.78, 5) is 19.9.